The Balaban J connectivity index is 1.99. The van der Waals surface area contributed by atoms with Crippen LogP contribution >= 0.6 is 0 Å². The summed E-state index contributed by atoms with van der Waals surface area (Å²) in [7, 11) is 1.97. The summed E-state index contributed by atoms with van der Waals surface area (Å²) >= 11 is 0. The molecule has 0 fully saturated rings. The molecule has 1 aromatic heterocycles. The first-order chi connectivity index (χ1) is 8.29. The van der Waals surface area contributed by atoms with E-state index in [1.807, 2.05) is 48.1 Å². The Bertz CT molecular complexity index is 465. The minimum absolute atomic E-state index is 0.477. The van der Waals surface area contributed by atoms with Crippen LogP contribution in [0, 0.1) is 0 Å². The van der Waals surface area contributed by atoms with Crippen LogP contribution in [0.4, 0.5) is 0 Å². The van der Waals surface area contributed by atoms with Gasteiger partial charge >= 0.3 is 0 Å². The van der Waals surface area contributed by atoms with E-state index >= 15 is 0 Å². The fraction of sp³-hybridized carbons (Fsp3) is 0.308. The number of hydrogen-bond donors (Lipinski definition) is 1. The van der Waals surface area contributed by atoms with Crippen LogP contribution in [0.2, 0.25) is 0 Å². The molecule has 17 heavy (non-hydrogen) atoms. The Kier molecular flexibility index (Phi) is 3.77. The molecule has 0 aliphatic heterocycles. The van der Waals surface area contributed by atoms with Crippen LogP contribution in [0.15, 0.2) is 36.5 Å². The third-order valence-electron chi connectivity index (χ3n) is 2.53. The van der Waals surface area contributed by atoms with E-state index in [9.17, 15) is 0 Å². The summed E-state index contributed by atoms with van der Waals surface area (Å²) in [5, 5.41) is 0. The van der Waals surface area contributed by atoms with Gasteiger partial charge in [0.2, 0.25) is 0 Å². The van der Waals surface area contributed by atoms with Crippen molar-refractivity contribution in [1.82, 2.24) is 9.55 Å². The average Bonchev–Trinajstić information content (AvgIpc) is 2.69. The second kappa shape index (κ2) is 5.50. The highest BCUT2D eigenvalue weighted by Gasteiger charge is 2.05. The zero-order chi connectivity index (χ0) is 12.1. The van der Waals surface area contributed by atoms with Crippen molar-refractivity contribution >= 4 is 0 Å². The Labute approximate surface area is 101 Å². The maximum atomic E-state index is 5.65. The highest BCUT2D eigenvalue weighted by molar-refractivity contribution is 5.21. The monoisotopic (exact) mass is 231 g/mol. The van der Waals surface area contributed by atoms with Crippen molar-refractivity contribution in [2.75, 3.05) is 6.54 Å². The van der Waals surface area contributed by atoms with E-state index in [4.69, 9.17) is 10.5 Å². The lowest BCUT2D eigenvalue weighted by atomic mass is 10.3. The van der Waals surface area contributed by atoms with Gasteiger partial charge in [-0.3, -0.25) is 0 Å². The highest BCUT2D eigenvalue weighted by atomic mass is 16.5. The lowest BCUT2D eigenvalue weighted by molar-refractivity contribution is 0.291. The number of nitrogens with zero attached hydrogens (tertiary/aromatic N) is 2. The molecule has 2 rings (SSSR count). The van der Waals surface area contributed by atoms with E-state index in [0.29, 0.717) is 13.2 Å². The smallest absolute Gasteiger partial charge is 0.146 e. The number of aryl methyl sites for hydroxylation is 1. The second-order valence-electron chi connectivity index (χ2n) is 3.90. The summed E-state index contributed by atoms with van der Waals surface area (Å²) < 4.78 is 7.63. The third-order valence-corrected chi connectivity index (χ3v) is 2.53. The molecular formula is C13H17N3O. The van der Waals surface area contributed by atoms with Gasteiger partial charge in [-0.25, -0.2) is 4.98 Å². The topological polar surface area (TPSA) is 53.1 Å². The van der Waals surface area contributed by atoms with E-state index in [-0.39, 0.29) is 0 Å². The lowest BCUT2D eigenvalue weighted by Crippen LogP contribution is -2.04. The summed E-state index contributed by atoms with van der Waals surface area (Å²) in [6.07, 6.45) is 2.80. The van der Waals surface area contributed by atoms with Crippen LogP contribution in [0.3, 0.4) is 0 Å². The molecule has 1 heterocycles. The number of nitrogens with two attached hydrogens (primary N) is 1. The van der Waals surface area contributed by atoms with Crippen molar-refractivity contribution in [2.45, 2.75) is 13.0 Å². The molecule has 0 spiro atoms. The average molecular weight is 231 g/mol. The summed E-state index contributed by atoms with van der Waals surface area (Å²) in [5.41, 5.74) is 6.52. The molecule has 2 aromatic rings. The molecule has 0 unspecified atom stereocenters. The molecule has 90 valence electrons. The first-order valence-corrected chi connectivity index (χ1v) is 5.68. The van der Waals surface area contributed by atoms with Gasteiger partial charge in [0.15, 0.2) is 0 Å². The number of benzene rings is 1. The van der Waals surface area contributed by atoms with E-state index in [1.165, 1.54) is 0 Å². The normalized spacial score (nSPS) is 10.5. The summed E-state index contributed by atoms with van der Waals surface area (Å²) in [4.78, 5) is 4.47. The number of ether oxygens (including phenoxy) is 1. The minimum atomic E-state index is 0.477. The van der Waals surface area contributed by atoms with Crippen LogP contribution in [0.1, 0.15) is 11.5 Å². The lowest BCUT2D eigenvalue weighted by Gasteiger charge is -2.05. The molecule has 0 aliphatic carbocycles. The van der Waals surface area contributed by atoms with Crippen molar-refractivity contribution < 1.29 is 4.74 Å². The van der Waals surface area contributed by atoms with E-state index < -0.39 is 0 Å². The van der Waals surface area contributed by atoms with Crippen LogP contribution in [0.5, 0.6) is 5.75 Å². The van der Waals surface area contributed by atoms with Gasteiger partial charge < -0.3 is 15.0 Å². The largest absolute Gasteiger partial charge is 0.486 e. The van der Waals surface area contributed by atoms with Crippen LogP contribution in [0.25, 0.3) is 0 Å². The van der Waals surface area contributed by atoms with Crippen molar-refractivity contribution in [3.63, 3.8) is 0 Å². The summed E-state index contributed by atoms with van der Waals surface area (Å²) in [6, 6.07) is 9.74. The first kappa shape index (κ1) is 11.7. The van der Waals surface area contributed by atoms with Gasteiger partial charge in [0.05, 0.1) is 5.69 Å². The molecule has 0 saturated heterocycles. The Morgan fingerprint density at radius 1 is 1.29 bits per heavy atom. The Morgan fingerprint density at radius 3 is 2.76 bits per heavy atom. The van der Waals surface area contributed by atoms with Gasteiger partial charge in [0.1, 0.15) is 18.2 Å². The predicted octanol–water partition coefficient (Wildman–Crippen LogP) is 1.50. The number of aromatic nitrogens is 2. The van der Waals surface area contributed by atoms with Crippen LogP contribution < -0.4 is 10.5 Å². The standard InChI is InChI=1S/C13H17N3O/c1-16-9-11(7-8-14)15-13(16)10-17-12-5-3-2-4-6-12/h2-6,9H,7-8,10,14H2,1H3. The Hall–Kier alpha value is -1.81. The van der Waals surface area contributed by atoms with E-state index in [2.05, 4.69) is 4.98 Å². The van der Waals surface area contributed by atoms with Crippen molar-refractivity contribution in [3.05, 3.63) is 48.0 Å². The molecule has 1 aromatic carbocycles. The first-order valence-electron chi connectivity index (χ1n) is 5.68. The number of rotatable bonds is 5. The van der Waals surface area contributed by atoms with Gasteiger partial charge in [0.25, 0.3) is 0 Å². The zero-order valence-corrected chi connectivity index (χ0v) is 9.97. The van der Waals surface area contributed by atoms with Crippen molar-refractivity contribution in [3.8, 4) is 5.75 Å². The molecule has 0 saturated carbocycles. The summed E-state index contributed by atoms with van der Waals surface area (Å²) in [6.45, 7) is 1.10. The molecule has 0 amide bonds. The van der Waals surface area contributed by atoms with E-state index in [0.717, 1.165) is 23.7 Å². The zero-order valence-electron chi connectivity index (χ0n) is 9.97. The second-order valence-corrected chi connectivity index (χ2v) is 3.90. The quantitative estimate of drug-likeness (QED) is 0.848. The van der Waals surface area contributed by atoms with Crippen molar-refractivity contribution in [2.24, 2.45) is 12.8 Å². The molecule has 0 atom stereocenters. The highest BCUT2D eigenvalue weighted by Crippen LogP contribution is 2.11. The number of para-hydroxylation sites is 1. The van der Waals surface area contributed by atoms with E-state index in [1.54, 1.807) is 0 Å². The maximum absolute atomic E-state index is 5.65. The minimum Gasteiger partial charge on any atom is -0.486 e. The third kappa shape index (κ3) is 3.07. The molecule has 0 radical (unpaired) electrons. The van der Waals surface area contributed by atoms with Crippen LogP contribution in [-0.4, -0.2) is 16.1 Å². The fourth-order valence-electron chi connectivity index (χ4n) is 1.64. The molecular weight excluding hydrogens is 214 g/mol. The van der Waals surface area contributed by atoms with Crippen molar-refractivity contribution in [1.29, 1.82) is 0 Å². The van der Waals surface area contributed by atoms with Gasteiger partial charge in [-0.1, -0.05) is 18.2 Å². The van der Waals surface area contributed by atoms with Gasteiger partial charge in [0, 0.05) is 19.7 Å². The molecule has 4 nitrogen and oxygen atoms in total. The SMILES string of the molecule is Cn1cc(CCN)nc1COc1ccccc1. The molecule has 0 bridgehead atoms. The van der Waals surface area contributed by atoms with Gasteiger partial charge in [-0.2, -0.15) is 0 Å². The fourth-order valence-corrected chi connectivity index (χ4v) is 1.64. The molecule has 2 N–H and O–H groups in total. The van der Waals surface area contributed by atoms with Crippen LogP contribution in [-0.2, 0) is 20.1 Å². The molecule has 4 heteroatoms. The number of imidazole rings is 1. The van der Waals surface area contributed by atoms with Gasteiger partial charge in [-0.15, -0.1) is 0 Å². The Morgan fingerprint density at radius 2 is 2.06 bits per heavy atom. The summed E-state index contributed by atoms with van der Waals surface area (Å²) in [5.74, 6) is 1.77. The number of hydrogen-bond acceptors (Lipinski definition) is 3. The molecule has 0 aliphatic rings. The predicted molar refractivity (Wildman–Crippen MR) is 66.7 cm³/mol. The van der Waals surface area contributed by atoms with Gasteiger partial charge in [-0.05, 0) is 18.7 Å². The maximum Gasteiger partial charge on any atom is 0.146 e.